The summed E-state index contributed by atoms with van der Waals surface area (Å²) < 4.78 is 26.2. The molecule has 1 aromatic rings. The Kier molecular flexibility index (Phi) is 4.83. The fourth-order valence-electron chi connectivity index (χ4n) is 1.22. The largest absolute Gasteiger partial charge is 0.366 e. The van der Waals surface area contributed by atoms with Crippen molar-refractivity contribution in [2.24, 2.45) is 5.73 Å². The van der Waals surface area contributed by atoms with Gasteiger partial charge in [0.25, 0.3) is 0 Å². The van der Waals surface area contributed by atoms with Gasteiger partial charge in [-0.1, -0.05) is 0 Å². The molecule has 0 bridgehead atoms. The van der Waals surface area contributed by atoms with Crippen molar-refractivity contribution < 1.29 is 13.2 Å². The molecule has 1 aromatic carbocycles. The molecule has 7 heteroatoms. The Morgan fingerprint density at radius 3 is 2.33 bits per heavy atom. The summed E-state index contributed by atoms with van der Waals surface area (Å²) in [5.74, 6) is -0.587. The second kappa shape index (κ2) is 5.94. The van der Waals surface area contributed by atoms with Gasteiger partial charge in [-0.05, 0) is 38.2 Å². The minimum atomic E-state index is -3.55. The summed E-state index contributed by atoms with van der Waals surface area (Å²) in [6.45, 7) is 2.15. The number of amides is 1. The zero-order chi connectivity index (χ0) is 13.8. The molecular weight excluding hydrogens is 254 g/mol. The topological polar surface area (TPSA) is 101 Å². The van der Waals surface area contributed by atoms with E-state index in [1.807, 2.05) is 6.92 Å². The van der Waals surface area contributed by atoms with E-state index in [0.717, 1.165) is 0 Å². The highest BCUT2D eigenvalue weighted by Gasteiger charge is 2.14. The molecule has 0 aliphatic carbocycles. The summed E-state index contributed by atoms with van der Waals surface area (Å²) in [5.41, 5.74) is 5.35. The third kappa shape index (κ3) is 3.80. The Bertz CT molecular complexity index is 511. The molecule has 0 radical (unpaired) electrons. The predicted molar refractivity (Wildman–Crippen MR) is 68.7 cm³/mol. The van der Waals surface area contributed by atoms with Crippen molar-refractivity contribution in [2.45, 2.75) is 17.9 Å². The molecule has 1 unspecified atom stereocenters. The number of hydrogen-bond acceptors (Lipinski definition) is 4. The number of sulfonamides is 1. The molecule has 0 saturated heterocycles. The highest BCUT2D eigenvalue weighted by atomic mass is 32.2. The number of benzene rings is 1. The maximum absolute atomic E-state index is 11.9. The Morgan fingerprint density at radius 1 is 1.33 bits per heavy atom. The van der Waals surface area contributed by atoms with E-state index in [9.17, 15) is 13.2 Å². The van der Waals surface area contributed by atoms with E-state index in [0.29, 0.717) is 0 Å². The van der Waals surface area contributed by atoms with Crippen LogP contribution in [0.25, 0.3) is 0 Å². The van der Waals surface area contributed by atoms with Crippen molar-refractivity contribution >= 4 is 15.9 Å². The predicted octanol–water partition coefficient (Wildman–Crippen LogP) is -0.328. The van der Waals surface area contributed by atoms with Crippen molar-refractivity contribution in [3.05, 3.63) is 29.8 Å². The minimum absolute atomic E-state index is 0.0321. The van der Waals surface area contributed by atoms with Crippen LogP contribution in [0.2, 0.25) is 0 Å². The van der Waals surface area contributed by atoms with Gasteiger partial charge < -0.3 is 11.1 Å². The zero-order valence-corrected chi connectivity index (χ0v) is 11.1. The van der Waals surface area contributed by atoms with Gasteiger partial charge in [0.1, 0.15) is 0 Å². The van der Waals surface area contributed by atoms with E-state index < -0.39 is 15.9 Å². The van der Waals surface area contributed by atoms with E-state index in [4.69, 9.17) is 5.73 Å². The van der Waals surface area contributed by atoms with Gasteiger partial charge in [0.05, 0.1) is 4.90 Å². The molecule has 0 saturated carbocycles. The van der Waals surface area contributed by atoms with E-state index in [1.165, 1.54) is 24.3 Å². The third-order valence-corrected chi connectivity index (χ3v) is 3.96. The Hall–Kier alpha value is -1.44. The first-order chi connectivity index (χ1) is 8.36. The molecule has 0 aliphatic heterocycles. The summed E-state index contributed by atoms with van der Waals surface area (Å²) in [7, 11) is -1.80. The van der Waals surface area contributed by atoms with Crippen molar-refractivity contribution in [2.75, 3.05) is 13.6 Å². The van der Waals surface area contributed by atoms with Gasteiger partial charge in [-0.15, -0.1) is 0 Å². The lowest BCUT2D eigenvalue weighted by atomic mass is 10.2. The number of nitrogens with one attached hydrogen (secondary N) is 2. The van der Waals surface area contributed by atoms with Crippen LogP contribution in [0, 0.1) is 0 Å². The molecule has 4 N–H and O–H groups in total. The molecule has 1 amide bonds. The van der Waals surface area contributed by atoms with E-state index in [-0.39, 0.29) is 23.0 Å². The summed E-state index contributed by atoms with van der Waals surface area (Å²) >= 11 is 0. The first-order valence-electron chi connectivity index (χ1n) is 5.43. The van der Waals surface area contributed by atoms with E-state index >= 15 is 0 Å². The molecule has 100 valence electrons. The second-order valence-electron chi connectivity index (χ2n) is 3.93. The molecule has 18 heavy (non-hydrogen) atoms. The lowest BCUT2D eigenvalue weighted by Crippen LogP contribution is -2.37. The second-order valence-corrected chi connectivity index (χ2v) is 5.70. The van der Waals surface area contributed by atoms with Crippen LogP contribution >= 0.6 is 0 Å². The highest BCUT2D eigenvalue weighted by molar-refractivity contribution is 7.89. The number of rotatable bonds is 6. The van der Waals surface area contributed by atoms with Gasteiger partial charge in [-0.2, -0.15) is 0 Å². The summed E-state index contributed by atoms with van der Waals surface area (Å²) in [6.07, 6.45) is 0. The zero-order valence-electron chi connectivity index (χ0n) is 10.3. The molecular formula is C11H17N3O3S. The van der Waals surface area contributed by atoms with Crippen LogP contribution in [0.5, 0.6) is 0 Å². The Labute approximate surface area is 107 Å². The summed E-state index contributed by atoms with van der Waals surface area (Å²) in [6, 6.07) is 5.51. The Balaban J connectivity index is 2.82. The van der Waals surface area contributed by atoms with E-state index in [2.05, 4.69) is 10.0 Å². The molecule has 6 nitrogen and oxygen atoms in total. The monoisotopic (exact) mass is 271 g/mol. The molecule has 1 atom stereocenters. The van der Waals surface area contributed by atoms with Gasteiger partial charge in [0, 0.05) is 18.2 Å². The van der Waals surface area contributed by atoms with Crippen molar-refractivity contribution in [3.8, 4) is 0 Å². The SMILES string of the molecule is CNC(C)CNS(=O)(=O)c1ccc(C(N)=O)cc1. The third-order valence-electron chi connectivity index (χ3n) is 2.52. The number of nitrogens with two attached hydrogens (primary N) is 1. The number of carbonyl (C=O) groups excluding carboxylic acids is 1. The number of hydrogen-bond donors (Lipinski definition) is 3. The van der Waals surface area contributed by atoms with Crippen LogP contribution in [-0.4, -0.2) is 34.0 Å². The number of carbonyl (C=O) groups is 1. The molecule has 1 rings (SSSR count). The first-order valence-corrected chi connectivity index (χ1v) is 6.92. The van der Waals surface area contributed by atoms with Gasteiger partial charge in [-0.3, -0.25) is 4.79 Å². The normalized spacial score (nSPS) is 13.2. The molecule has 0 heterocycles. The summed E-state index contributed by atoms with van der Waals surface area (Å²) in [5, 5.41) is 2.92. The highest BCUT2D eigenvalue weighted by Crippen LogP contribution is 2.10. The smallest absolute Gasteiger partial charge is 0.248 e. The summed E-state index contributed by atoms with van der Waals surface area (Å²) in [4.78, 5) is 11.0. The number of primary amides is 1. The minimum Gasteiger partial charge on any atom is -0.366 e. The van der Waals surface area contributed by atoms with Crippen LogP contribution < -0.4 is 15.8 Å². The molecule has 0 spiro atoms. The maximum Gasteiger partial charge on any atom is 0.248 e. The van der Waals surface area contributed by atoms with Crippen LogP contribution in [0.3, 0.4) is 0 Å². The first kappa shape index (κ1) is 14.6. The molecule has 0 aromatic heterocycles. The standard InChI is InChI=1S/C11H17N3O3S/c1-8(13-2)7-14-18(16,17)10-5-3-9(4-6-10)11(12)15/h3-6,8,13-14H,7H2,1-2H3,(H2,12,15). The molecule has 0 fully saturated rings. The fourth-order valence-corrected chi connectivity index (χ4v) is 2.35. The van der Waals surface area contributed by atoms with E-state index in [1.54, 1.807) is 7.05 Å². The van der Waals surface area contributed by atoms with Crippen LogP contribution in [-0.2, 0) is 10.0 Å². The molecule has 0 aliphatic rings. The number of likely N-dealkylation sites (N-methyl/N-ethyl adjacent to an activating group) is 1. The quantitative estimate of drug-likeness (QED) is 0.659. The average molecular weight is 271 g/mol. The van der Waals surface area contributed by atoms with Gasteiger partial charge in [0.15, 0.2) is 0 Å². The van der Waals surface area contributed by atoms with Crippen molar-refractivity contribution in [3.63, 3.8) is 0 Å². The van der Waals surface area contributed by atoms with Crippen LogP contribution in [0.15, 0.2) is 29.2 Å². The lowest BCUT2D eigenvalue weighted by Gasteiger charge is -2.12. The Morgan fingerprint density at radius 2 is 1.89 bits per heavy atom. The van der Waals surface area contributed by atoms with Gasteiger partial charge in [-0.25, -0.2) is 13.1 Å². The van der Waals surface area contributed by atoms with Crippen LogP contribution in [0.1, 0.15) is 17.3 Å². The van der Waals surface area contributed by atoms with Crippen molar-refractivity contribution in [1.29, 1.82) is 0 Å². The van der Waals surface area contributed by atoms with Crippen LogP contribution in [0.4, 0.5) is 0 Å². The maximum atomic E-state index is 11.9. The lowest BCUT2D eigenvalue weighted by molar-refractivity contribution is 0.1000. The van der Waals surface area contributed by atoms with Gasteiger partial charge >= 0.3 is 0 Å². The van der Waals surface area contributed by atoms with Gasteiger partial charge in [0.2, 0.25) is 15.9 Å². The average Bonchev–Trinajstić information content (AvgIpc) is 2.36. The fraction of sp³-hybridized carbons (Fsp3) is 0.364. The van der Waals surface area contributed by atoms with Crippen molar-refractivity contribution in [1.82, 2.24) is 10.0 Å².